The average Bonchev–Trinajstić information content (AvgIpc) is 2.54. The zero-order valence-corrected chi connectivity index (χ0v) is 8.72. The summed E-state index contributed by atoms with van der Waals surface area (Å²) >= 11 is 0. The van der Waals surface area contributed by atoms with E-state index in [1.54, 1.807) is 0 Å². The van der Waals surface area contributed by atoms with Crippen LogP contribution in [0.1, 0.15) is 39.0 Å². The summed E-state index contributed by atoms with van der Waals surface area (Å²) in [5.74, 6) is 0. The van der Waals surface area contributed by atoms with Crippen LogP contribution in [0.5, 0.6) is 0 Å². The van der Waals surface area contributed by atoms with E-state index in [9.17, 15) is 0 Å². The van der Waals surface area contributed by atoms with Crippen molar-refractivity contribution >= 4 is 0 Å². The molecule has 0 aromatic heterocycles. The molecule has 76 valence electrons. The first-order valence-corrected chi connectivity index (χ1v) is 5.71. The van der Waals surface area contributed by atoms with Crippen LogP contribution in [0.15, 0.2) is 0 Å². The quantitative estimate of drug-likeness (QED) is 0.649. The summed E-state index contributed by atoms with van der Waals surface area (Å²) in [4.78, 5) is 2.58. The van der Waals surface area contributed by atoms with Crippen LogP contribution in [0, 0.1) is 0 Å². The van der Waals surface area contributed by atoms with Gasteiger partial charge in [-0.05, 0) is 25.8 Å². The highest BCUT2D eigenvalue weighted by Crippen LogP contribution is 2.35. The van der Waals surface area contributed by atoms with Gasteiger partial charge >= 0.3 is 0 Å². The molecule has 0 bridgehead atoms. The van der Waals surface area contributed by atoms with Gasteiger partial charge in [0.05, 0.1) is 12.2 Å². The van der Waals surface area contributed by atoms with E-state index in [1.807, 2.05) is 0 Å². The fraction of sp³-hybridized carbons (Fsp3) is 1.00. The van der Waals surface area contributed by atoms with Crippen molar-refractivity contribution in [3.63, 3.8) is 0 Å². The highest BCUT2D eigenvalue weighted by atomic mass is 16.5. The summed E-state index contributed by atoms with van der Waals surface area (Å²) in [5.41, 5.74) is 0.271. The maximum atomic E-state index is 5.96. The van der Waals surface area contributed by atoms with Crippen molar-refractivity contribution in [2.24, 2.45) is 0 Å². The Hall–Kier alpha value is -0.0800. The van der Waals surface area contributed by atoms with Crippen LogP contribution in [0.25, 0.3) is 0 Å². The van der Waals surface area contributed by atoms with Gasteiger partial charge in [-0.2, -0.15) is 0 Å². The highest BCUT2D eigenvalue weighted by Gasteiger charge is 2.38. The molecule has 13 heavy (non-hydrogen) atoms. The minimum absolute atomic E-state index is 0.271. The van der Waals surface area contributed by atoms with Gasteiger partial charge in [-0.3, -0.25) is 4.90 Å². The van der Waals surface area contributed by atoms with E-state index in [2.05, 4.69) is 11.8 Å². The van der Waals surface area contributed by atoms with Crippen LogP contribution in [0.2, 0.25) is 0 Å². The monoisotopic (exact) mass is 183 g/mol. The maximum Gasteiger partial charge on any atom is 0.0809 e. The summed E-state index contributed by atoms with van der Waals surface area (Å²) < 4.78 is 5.96. The van der Waals surface area contributed by atoms with Crippen LogP contribution in [-0.2, 0) is 4.74 Å². The molecule has 1 heterocycles. The lowest BCUT2D eigenvalue weighted by Gasteiger charge is -2.40. The molecule has 0 atom stereocenters. The van der Waals surface area contributed by atoms with E-state index in [0.29, 0.717) is 0 Å². The number of rotatable bonds is 2. The van der Waals surface area contributed by atoms with Gasteiger partial charge < -0.3 is 4.74 Å². The van der Waals surface area contributed by atoms with Crippen molar-refractivity contribution in [2.75, 3.05) is 26.2 Å². The van der Waals surface area contributed by atoms with Crippen molar-refractivity contribution < 1.29 is 4.74 Å². The molecular weight excluding hydrogens is 162 g/mol. The molecule has 2 heteroatoms. The third-order valence-electron chi connectivity index (χ3n) is 3.38. The highest BCUT2D eigenvalue weighted by molar-refractivity contribution is 4.91. The van der Waals surface area contributed by atoms with Crippen LogP contribution in [-0.4, -0.2) is 36.7 Å². The molecule has 1 aliphatic heterocycles. The smallest absolute Gasteiger partial charge is 0.0809 e. The molecule has 1 spiro atoms. The molecule has 1 saturated heterocycles. The van der Waals surface area contributed by atoms with Crippen molar-refractivity contribution in [1.29, 1.82) is 0 Å². The molecule has 1 aliphatic carbocycles. The molecule has 2 aliphatic rings. The van der Waals surface area contributed by atoms with Crippen LogP contribution >= 0.6 is 0 Å². The predicted molar refractivity (Wildman–Crippen MR) is 53.9 cm³/mol. The van der Waals surface area contributed by atoms with Crippen LogP contribution < -0.4 is 0 Å². The summed E-state index contributed by atoms with van der Waals surface area (Å²) in [6.07, 6.45) is 6.62. The Balaban J connectivity index is 1.90. The van der Waals surface area contributed by atoms with Crippen molar-refractivity contribution in [1.82, 2.24) is 4.90 Å². The Kier molecular flexibility index (Phi) is 2.89. The molecule has 0 N–H and O–H groups in total. The molecule has 0 radical (unpaired) electrons. The third-order valence-corrected chi connectivity index (χ3v) is 3.38. The molecule has 2 rings (SSSR count). The van der Waals surface area contributed by atoms with Crippen LogP contribution in [0.3, 0.4) is 0 Å². The third kappa shape index (κ3) is 2.05. The second kappa shape index (κ2) is 3.97. The maximum absolute atomic E-state index is 5.96. The van der Waals surface area contributed by atoms with Gasteiger partial charge in [-0.15, -0.1) is 0 Å². The van der Waals surface area contributed by atoms with Crippen LogP contribution in [0.4, 0.5) is 0 Å². The van der Waals surface area contributed by atoms with Gasteiger partial charge in [0.15, 0.2) is 0 Å². The Bertz CT molecular complexity index is 161. The zero-order chi connectivity index (χ0) is 9.15. The number of nitrogens with zero attached hydrogens (tertiary/aromatic N) is 1. The molecule has 0 amide bonds. The molecule has 0 unspecified atom stereocenters. The Labute approximate surface area is 81.3 Å². The molecular formula is C11H21NO. The van der Waals surface area contributed by atoms with Crippen molar-refractivity contribution in [3.8, 4) is 0 Å². The molecule has 0 aromatic rings. The van der Waals surface area contributed by atoms with E-state index in [1.165, 1.54) is 45.2 Å². The number of morpholine rings is 1. The molecule has 0 aromatic carbocycles. The van der Waals surface area contributed by atoms with E-state index in [0.717, 1.165) is 13.2 Å². The lowest BCUT2D eigenvalue weighted by Crippen LogP contribution is -2.50. The van der Waals surface area contributed by atoms with Gasteiger partial charge in [0, 0.05) is 13.1 Å². The number of ether oxygens (including phenoxy) is 1. The van der Waals surface area contributed by atoms with Gasteiger partial charge in [0.2, 0.25) is 0 Å². The second-order valence-corrected chi connectivity index (χ2v) is 4.51. The van der Waals surface area contributed by atoms with Gasteiger partial charge in [0.25, 0.3) is 0 Å². The van der Waals surface area contributed by atoms with Crippen molar-refractivity contribution in [3.05, 3.63) is 0 Å². The first-order chi connectivity index (χ1) is 6.35. The first kappa shape index (κ1) is 9.47. The van der Waals surface area contributed by atoms with E-state index in [4.69, 9.17) is 4.74 Å². The summed E-state index contributed by atoms with van der Waals surface area (Å²) in [6, 6.07) is 0. The minimum atomic E-state index is 0.271. The van der Waals surface area contributed by atoms with E-state index < -0.39 is 0 Å². The number of hydrogen-bond acceptors (Lipinski definition) is 2. The Morgan fingerprint density at radius 1 is 1.31 bits per heavy atom. The Morgan fingerprint density at radius 2 is 2.08 bits per heavy atom. The molecule has 1 saturated carbocycles. The standard InChI is InChI=1S/C11H21NO/c1-2-7-12-8-9-13-11(10-12)5-3-4-6-11/h2-10H2,1H3. The van der Waals surface area contributed by atoms with Gasteiger partial charge in [0.1, 0.15) is 0 Å². The fourth-order valence-electron chi connectivity index (χ4n) is 2.75. The zero-order valence-electron chi connectivity index (χ0n) is 8.72. The Morgan fingerprint density at radius 3 is 2.77 bits per heavy atom. The normalized spacial score (nSPS) is 28.4. The predicted octanol–water partition coefficient (Wildman–Crippen LogP) is 2.04. The topological polar surface area (TPSA) is 12.5 Å². The fourth-order valence-corrected chi connectivity index (χ4v) is 2.75. The second-order valence-electron chi connectivity index (χ2n) is 4.51. The van der Waals surface area contributed by atoms with E-state index >= 15 is 0 Å². The summed E-state index contributed by atoms with van der Waals surface area (Å²) in [5, 5.41) is 0. The minimum Gasteiger partial charge on any atom is -0.372 e. The lowest BCUT2D eigenvalue weighted by molar-refractivity contribution is -0.104. The van der Waals surface area contributed by atoms with Gasteiger partial charge in [-0.1, -0.05) is 19.8 Å². The lowest BCUT2D eigenvalue weighted by atomic mass is 10.00. The summed E-state index contributed by atoms with van der Waals surface area (Å²) in [6.45, 7) is 6.82. The van der Waals surface area contributed by atoms with Gasteiger partial charge in [-0.25, -0.2) is 0 Å². The number of hydrogen-bond donors (Lipinski definition) is 0. The molecule has 2 nitrogen and oxygen atoms in total. The average molecular weight is 183 g/mol. The van der Waals surface area contributed by atoms with E-state index in [-0.39, 0.29) is 5.60 Å². The summed E-state index contributed by atoms with van der Waals surface area (Å²) in [7, 11) is 0. The van der Waals surface area contributed by atoms with Crippen molar-refractivity contribution in [2.45, 2.75) is 44.6 Å². The largest absolute Gasteiger partial charge is 0.372 e. The molecule has 2 fully saturated rings. The first-order valence-electron chi connectivity index (χ1n) is 5.71. The SMILES string of the molecule is CCCN1CCOC2(CCCC2)C1.